The topological polar surface area (TPSA) is 53.6 Å². The van der Waals surface area contributed by atoms with Crippen LogP contribution in [0.15, 0.2) is 30.3 Å². The molecule has 0 radical (unpaired) electrons. The second-order valence-electron chi connectivity index (χ2n) is 6.77. The number of amides is 2. The van der Waals surface area contributed by atoms with Crippen LogP contribution in [-0.2, 0) is 11.3 Å². The molecule has 2 N–H and O–H groups in total. The van der Waals surface area contributed by atoms with Crippen LogP contribution in [0, 0.1) is 5.92 Å². The molecule has 5 nitrogen and oxygen atoms in total. The Morgan fingerprint density at radius 1 is 1.17 bits per heavy atom. The van der Waals surface area contributed by atoms with Gasteiger partial charge in [0.25, 0.3) is 0 Å². The predicted octanol–water partition coefficient (Wildman–Crippen LogP) is 1.99. The summed E-state index contributed by atoms with van der Waals surface area (Å²) in [6.07, 6.45) is 1.82. The molecule has 0 saturated carbocycles. The Hall–Kier alpha value is -1.59. The van der Waals surface area contributed by atoms with Crippen molar-refractivity contribution in [2.75, 3.05) is 26.3 Å². The van der Waals surface area contributed by atoms with Crippen molar-refractivity contribution < 1.29 is 9.53 Å². The molecule has 2 saturated heterocycles. The largest absolute Gasteiger partial charge is 0.381 e. The van der Waals surface area contributed by atoms with Gasteiger partial charge in [0.2, 0.25) is 0 Å². The number of urea groups is 1. The molecule has 0 spiro atoms. The van der Waals surface area contributed by atoms with Crippen molar-refractivity contribution in [3.05, 3.63) is 35.9 Å². The van der Waals surface area contributed by atoms with Crippen LogP contribution >= 0.6 is 0 Å². The van der Waals surface area contributed by atoms with Crippen molar-refractivity contribution >= 4 is 6.03 Å². The molecule has 2 amide bonds. The molecule has 2 atom stereocenters. The first-order valence-electron chi connectivity index (χ1n) is 8.62. The monoisotopic (exact) mass is 317 g/mol. The highest BCUT2D eigenvalue weighted by molar-refractivity contribution is 5.74. The van der Waals surface area contributed by atoms with Crippen LogP contribution in [0.5, 0.6) is 0 Å². The minimum Gasteiger partial charge on any atom is -0.381 e. The first-order valence-corrected chi connectivity index (χ1v) is 8.62. The molecule has 2 aliphatic rings. The number of hydrogen-bond donors (Lipinski definition) is 2. The lowest BCUT2D eigenvalue weighted by atomic mass is 10.1. The summed E-state index contributed by atoms with van der Waals surface area (Å²) in [4.78, 5) is 14.6. The molecule has 23 heavy (non-hydrogen) atoms. The van der Waals surface area contributed by atoms with Gasteiger partial charge >= 0.3 is 6.03 Å². The number of ether oxygens (including phenoxy) is 1. The Bertz CT molecular complexity index is 502. The van der Waals surface area contributed by atoms with Gasteiger partial charge in [0, 0.05) is 44.9 Å². The summed E-state index contributed by atoms with van der Waals surface area (Å²) < 4.78 is 5.32. The van der Waals surface area contributed by atoms with Gasteiger partial charge in [-0.05, 0) is 24.3 Å². The van der Waals surface area contributed by atoms with Crippen LogP contribution in [0.2, 0.25) is 0 Å². The number of rotatable bonds is 4. The van der Waals surface area contributed by atoms with Crippen molar-refractivity contribution in [3.63, 3.8) is 0 Å². The predicted molar refractivity (Wildman–Crippen MR) is 90.2 cm³/mol. The van der Waals surface area contributed by atoms with Gasteiger partial charge < -0.3 is 15.4 Å². The average Bonchev–Trinajstić information content (AvgIpc) is 2.88. The molecule has 0 unspecified atom stereocenters. The van der Waals surface area contributed by atoms with Gasteiger partial charge in [-0.25, -0.2) is 4.79 Å². The van der Waals surface area contributed by atoms with E-state index in [2.05, 4.69) is 46.7 Å². The molecule has 126 valence electrons. The second kappa shape index (κ2) is 7.79. The maximum absolute atomic E-state index is 12.2. The van der Waals surface area contributed by atoms with Crippen molar-refractivity contribution in [1.82, 2.24) is 15.5 Å². The van der Waals surface area contributed by atoms with E-state index < -0.39 is 0 Å². The fourth-order valence-electron chi connectivity index (χ4n) is 3.46. The van der Waals surface area contributed by atoms with E-state index in [9.17, 15) is 4.79 Å². The van der Waals surface area contributed by atoms with E-state index in [0.717, 1.165) is 45.7 Å². The number of likely N-dealkylation sites (tertiary alicyclic amines) is 1. The number of carbonyl (C=O) groups excluding carboxylic acids is 1. The molecular weight excluding hydrogens is 290 g/mol. The Labute approximate surface area is 138 Å². The summed E-state index contributed by atoms with van der Waals surface area (Å²) >= 11 is 0. The van der Waals surface area contributed by atoms with Gasteiger partial charge in [-0.15, -0.1) is 0 Å². The summed E-state index contributed by atoms with van der Waals surface area (Å²) in [5.74, 6) is 0.471. The first-order chi connectivity index (χ1) is 11.2. The minimum absolute atomic E-state index is 0.0321. The van der Waals surface area contributed by atoms with E-state index in [1.165, 1.54) is 5.56 Å². The molecule has 2 aliphatic heterocycles. The molecule has 2 heterocycles. The van der Waals surface area contributed by atoms with Gasteiger partial charge in [0.05, 0.1) is 0 Å². The van der Waals surface area contributed by atoms with Crippen molar-refractivity contribution in [1.29, 1.82) is 0 Å². The average molecular weight is 317 g/mol. The summed E-state index contributed by atoms with van der Waals surface area (Å²) in [5, 5.41) is 6.24. The number of nitrogens with one attached hydrogen (secondary N) is 2. The summed E-state index contributed by atoms with van der Waals surface area (Å²) in [6.45, 7) is 6.59. The fraction of sp³-hybridized carbons (Fsp3) is 0.611. The third-order valence-electron chi connectivity index (χ3n) is 4.81. The van der Waals surface area contributed by atoms with E-state index in [1.807, 2.05) is 6.07 Å². The SMILES string of the molecule is C[C@@H]1CN(Cc2ccccc2)C[C@@H]1NC(=O)NC1CCOCC1. The Morgan fingerprint density at radius 3 is 2.65 bits per heavy atom. The van der Waals surface area contributed by atoms with Crippen LogP contribution < -0.4 is 10.6 Å². The summed E-state index contributed by atoms with van der Waals surface area (Å²) in [5.41, 5.74) is 1.33. The first kappa shape index (κ1) is 16.3. The van der Waals surface area contributed by atoms with Crippen LogP contribution in [0.4, 0.5) is 4.79 Å². The normalized spacial score (nSPS) is 26.1. The lowest BCUT2D eigenvalue weighted by Crippen LogP contribution is -2.49. The lowest BCUT2D eigenvalue weighted by molar-refractivity contribution is 0.0799. The molecule has 1 aromatic rings. The molecule has 1 aromatic carbocycles. The van der Waals surface area contributed by atoms with Crippen molar-refractivity contribution in [2.24, 2.45) is 5.92 Å². The van der Waals surface area contributed by atoms with E-state index in [-0.39, 0.29) is 18.1 Å². The maximum atomic E-state index is 12.2. The molecule has 0 aliphatic carbocycles. The molecule has 0 bridgehead atoms. The van der Waals surface area contributed by atoms with Gasteiger partial charge in [-0.3, -0.25) is 4.90 Å². The van der Waals surface area contributed by atoms with Gasteiger partial charge in [-0.1, -0.05) is 37.3 Å². The van der Waals surface area contributed by atoms with Crippen LogP contribution in [0.3, 0.4) is 0 Å². The summed E-state index contributed by atoms with van der Waals surface area (Å²) in [7, 11) is 0. The van der Waals surface area contributed by atoms with Gasteiger partial charge in [-0.2, -0.15) is 0 Å². The van der Waals surface area contributed by atoms with Crippen LogP contribution in [0.25, 0.3) is 0 Å². The molecule has 2 fully saturated rings. The number of nitrogens with zero attached hydrogens (tertiary/aromatic N) is 1. The standard InChI is InChI=1S/C18H27N3O2/c1-14-11-21(12-15-5-3-2-4-6-15)13-17(14)20-18(22)19-16-7-9-23-10-8-16/h2-6,14,16-17H,7-13H2,1H3,(H2,19,20,22)/t14-,17+/m1/s1. The Kier molecular flexibility index (Phi) is 5.51. The highest BCUT2D eigenvalue weighted by Crippen LogP contribution is 2.19. The zero-order chi connectivity index (χ0) is 16.1. The Morgan fingerprint density at radius 2 is 1.91 bits per heavy atom. The maximum Gasteiger partial charge on any atom is 0.315 e. The third kappa shape index (κ3) is 4.69. The van der Waals surface area contributed by atoms with Crippen molar-refractivity contribution in [3.8, 4) is 0 Å². The van der Waals surface area contributed by atoms with E-state index in [4.69, 9.17) is 4.74 Å². The van der Waals surface area contributed by atoms with Crippen LogP contribution in [-0.4, -0.2) is 49.3 Å². The third-order valence-corrected chi connectivity index (χ3v) is 4.81. The van der Waals surface area contributed by atoms with E-state index in [0.29, 0.717) is 5.92 Å². The highest BCUT2D eigenvalue weighted by atomic mass is 16.5. The zero-order valence-corrected chi connectivity index (χ0v) is 13.8. The summed E-state index contributed by atoms with van der Waals surface area (Å²) in [6, 6.07) is 10.9. The number of carbonyl (C=O) groups is 1. The van der Waals surface area contributed by atoms with E-state index >= 15 is 0 Å². The molecule has 0 aromatic heterocycles. The van der Waals surface area contributed by atoms with E-state index in [1.54, 1.807) is 0 Å². The molecular formula is C18H27N3O2. The van der Waals surface area contributed by atoms with Crippen molar-refractivity contribution in [2.45, 2.75) is 38.4 Å². The van der Waals surface area contributed by atoms with Gasteiger partial charge in [0.15, 0.2) is 0 Å². The number of benzene rings is 1. The minimum atomic E-state index is -0.0321. The fourth-order valence-corrected chi connectivity index (χ4v) is 3.46. The second-order valence-corrected chi connectivity index (χ2v) is 6.77. The Balaban J connectivity index is 1.45. The molecule has 3 rings (SSSR count). The molecule has 5 heteroatoms. The van der Waals surface area contributed by atoms with Gasteiger partial charge in [0.1, 0.15) is 0 Å². The quantitative estimate of drug-likeness (QED) is 0.893. The number of hydrogen-bond acceptors (Lipinski definition) is 3. The zero-order valence-electron chi connectivity index (χ0n) is 13.8. The lowest BCUT2D eigenvalue weighted by Gasteiger charge is -2.25. The smallest absolute Gasteiger partial charge is 0.315 e. The van der Waals surface area contributed by atoms with Crippen LogP contribution in [0.1, 0.15) is 25.3 Å². The highest BCUT2D eigenvalue weighted by Gasteiger charge is 2.31.